The molecule has 1 amide bonds. The quantitative estimate of drug-likeness (QED) is 0.419. The molecule has 1 N–H and O–H groups in total. The Hall–Kier alpha value is -1.56. The van der Waals surface area contributed by atoms with Crippen molar-refractivity contribution >= 4 is 74.9 Å². The lowest BCUT2D eigenvalue weighted by molar-refractivity contribution is -0.111. The van der Waals surface area contributed by atoms with Crippen molar-refractivity contribution in [3.63, 3.8) is 0 Å². The van der Waals surface area contributed by atoms with Crippen LogP contribution in [0.25, 0.3) is 6.08 Å². The zero-order valence-electron chi connectivity index (χ0n) is 13.7. The molecule has 1 heterocycles. The number of hydrogen-bond donors (Lipinski definition) is 1. The number of amides is 1. The van der Waals surface area contributed by atoms with Crippen LogP contribution in [-0.2, 0) is 11.2 Å². The van der Waals surface area contributed by atoms with E-state index in [9.17, 15) is 4.79 Å². The van der Waals surface area contributed by atoms with Gasteiger partial charge in [0.1, 0.15) is 0 Å². The van der Waals surface area contributed by atoms with E-state index in [1.54, 1.807) is 36.5 Å². The standard InChI is InChI=1S/C19H12Cl4N2OS/c20-14-4-1-11(8-16(14)22)3-6-18(26)25-19-24-10-13(27-19)7-12-2-5-15(21)17(23)9-12/h1-6,8-10H,7H2,(H,24,25,26)/b6-3+. The van der Waals surface area contributed by atoms with E-state index in [-0.39, 0.29) is 5.91 Å². The van der Waals surface area contributed by atoms with Gasteiger partial charge in [-0.15, -0.1) is 11.3 Å². The maximum atomic E-state index is 12.1. The summed E-state index contributed by atoms with van der Waals surface area (Å²) in [5.74, 6) is -0.281. The van der Waals surface area contributed by atoms with Gasteiger partial charge in [0.25, 0.3) is 0 Å². The van der Waals surface area contributed by atoms with Crippen LogP contribution in [0.5, 0.6) is 0 Å². The molecule has 2 aromatic carbocycles. The van der Waals surface area contributed by atoms with Crippen molar-refractivity contribution in [2.75, 3.05) is 5.32 Å². The molecule has 0 radical (unpaired) electrons. The molecule has 0 unspecified atom stereocenters. The van der Waals surface area contributed by atoms with Gasteiger partial charge in [-0.3, -0.25) is 10.1 Å². The molecule has 0 saturated carbocycles. The van der Waals surface area contributed by atoms with Crippen LogP contribution in [0, 0.1) is 0 Å². The van der Waals surface area contributed by atoms with Crippen LogP contribution in [0.3, 0.4) is 0 Å². The SMILES string of the molecule is O=C(/C=C/c1ccc(Cl)c(Cl)c1)Nc1ncc(Cc2ccc(Cl)c(Cl)c2)s1. The smallest absolute Gasteiger partial charge is 0.250 e. The predicted molar refractivity (Wildman–Crippen MR) is 116 cm³/mol. The number of hydrogen-bond acceptors (Lipinski definition) is 3. The van der Waals surface area contributed by atoms with Crippen molar-refractivity contribution in [2.45, 2.75) is 6.42 Å². The molecule has 3 aromatic rings. The topological polar surface area (TPSA) is 42.0 Å². The van der Waals surface area contributed by atoms with Crippen molar-refractivity contribution in [2.24, 2.45) is 0 Å². The minimum atomic E-state index is -0.281. The first-order valence-electron chi connectivity index (χ1n) is 7.73. The summed E-state index contributed by atoms with van der Waals surface area (Å²) in [4.78, 5) is 17.3. The highest BCUT2D eigenvalue weighted by Crippen LogP contribution is 2.26. The van der Waals surface area contributed by atoms with Crippen LogP contribution in [-0.4, -0.2) is 10.9 Å². The van der Waals surface area contributed by atoms with Gasteiger partial charge in [-0.1, -0.05) is 58.5 Å². The highest BCUT2D eigenvalue weighted by Gasteiger charge is 2.07. The summed E-state index contributed by atoms with van der Waals surface area (Å²) >= 11 is 25.2. The van der Waals surface area contributed by atoms with Crippen LogP contribution < -0.4 is 5.32 Å². The molecular formula is C19H12Cl4N2OS. The molecule has 0 bridgehead atoms. The molecule has 0 saturated heterocycles. The van der Waals surface area contributed by atoms with Crippen LogP contribution in [0.4, 0.5) is 5.13 Å². The van der Waals surface area contributed by atoms with Crippen molar-refractivity contribution in [1.29, 1.82) is 0 Å². The van der Waals surface area contributed by atoms with Gasteiger partial charge in [-0.05, 0) is 41.5 Å². The van der Waals surface area contributed by atoms with E-state index in [1.807, 2.05) is 12.1 Å². The monoisotopic (exact) mass is 456 g/mol. The molecule has 0 atom stereocenters. The molecular weight excluding hydrogens is 446 g/mol. The number of carbonyl (C=O) groups is 1. The number of carbonyl (C=O) groups excluding carboxylic acids is 1. The zero-order valence-corrected chi connectivity index (χ0v) is 17.5. The van der Waals surface area contributed by atoms with Crippen LogP contribution in [0.2, 0.25) is 20.1 Å². The number of nitrogens with zero attached hydrogens (tertiary/aromatic N) is 1. The fourth-order valence-corrected chi connectivity index (χ4v) is 3.71. The third-order valence-electron chi connectivity index (χ3n) is 3.52. The van der Waals surface area contributed by atoms with E-state index in [4.69, 9.17) is 46.4 Å². The Balaban J connectivity index is 1.61. The molecule has 1 aromatic heterocycles. The van der Waals surface area contributed by atoms with Gasteiger partial charge >= 0.3 is 0 Å². The Kier molecular flexibility index (Phi) is 6.79. The van der Waals surface area contributed by atoms with Gasteiger partial charge in [0, 0.05) is 23.6 Å². The summed E-state index contributed by atoms with van der Waals surface area (Å²) in [6.45, 7) is 0. The normalized spacial score (nSPS) is 11.1. The van der Waals surface area contributed by atoms with E-state index in [0.29, 0.717) is 31.6 Å². The summed E-state index contributed by atoms with van der Waals surface area (Å²) in [5, 5.41) is 5.20. The number of rotatable bonds is 5. The van der Waals surface area contributed by atoms with Crippen molar-refractivity contribution in [3.8, 4) is 0 Å². The van der Waals surface area contributed by atoms with Crippen molar-refractivity contribution in [3.05, 3.63) is 84.8 Å². The first-order chi connectivity index (χ1) is 12.9. The average Bonchev–Trinajstić information content (AvgIpc) is 3.06. The first-order valence-corrected chi connectivity index (χ1v) is 10.1. The predicted octanol–water partition coefficient (Wildman–Crippen LogP) is 7.00. The van der Waals surface area contributed by atoms with Gasteiger partial charge < -0.3 is 0 Å². The fourth-order valence-electron chi connectivity index (χ4n) is 2.23. The lowest BCUT2D eigenvalue weighted by Gasteiger charge is -2.01. The average molecular weight is 458 g/mol. The zero-order chi connectivity index (χ0) is 19.4. The number of thiazole rings is 1. The number of benzene rings is 2. The van der Waals surface area contributed by atoms with E-state index >= 15 is 0 Å². The Morgan fingerprint density at radius 2 is 1.70 bits per heavy atom. The van der Waals surface area contributed by atoms with E-state index in [0.717, 1.165) is 16.0 Å². The van der Waals surface area contributed by atoms with E-state index in [2.05, 4.69) is 10.3 Å². The Labute approximate surface area is 180 Å². The highest BCUT2D eigenvalue weighted by atomic mass is 35.5. The summed E-state index contributed by atoms with van der Waals surface area (Å²) in [5.41, 5.74) is 1.80. The van der Waals surface area contributed by atoms with Crippen molar-refractivity contribution in [1.82, 2.24) is 4.98 Å². The summed E-state index contributed by atoms with van der Waals surface area (Å²) < 4.78 is 0. The third-order valence-corrected chi connectivity index (χ3v) is 5.91. The van der Waals surface area contributed by atoms with Gasteiger partial charge in [0.15, 0.2) is 5.13 Å². The number of aromatic nitrogens is 1. The van der Waals surface area contributed by atoms with Gasteiger partial charge in [0.05, 0.1) is 20.1 Å². The maximum Gasteiger partial charge on any atom is 0.250 e. The molecule has 8 heteroatoms. The lowest BCUT2D eigenvalue weighted by Crippen LogP contribution is -2.07. The summed E-state index contributed by atoms with van der Waals surface area (Å²) in [6.07, 6.45) is 5.45. The van der Waals surface area contributed by atoms with Gasteiger partial charge in [-0.2, -0.15) is 0 Å². The van der Waals surface area contributed by atoms with Crippen LogP contribution >= 0.6 is 57.7 Å². The number of halogens is 4. The van der Waals surface area contributed by atoms with E-state index < -0.39 is 0 Å². The molecule has 0 aliphatic heterocycles. The fraction of sp³-hybridized carbons (Fsp3) is 0.0526. The summed E-state index contributed by atoms with van der Waals surface area (Å²) in [6, 6.07) is 10.6. The van der Waals surface area contributed by atoms with Gasteiger partial charge in [-0.25, -0.2) is 4.98 Å². The minimum Gasteiger partial charge on any atom is -0.298 e. The lowest BCUT2D eigenvalue weighted by atomic mass is 10.1. The molecule has 0 aliphatic carbocycles. The molecule has 0 spiro atoms. The Morgan fingerprint density at radius 3 is 2.41 bits per heavy atom. The second-order valence-corrected chi connectivity index (χ2v) is 8.30. The van der Waals surface area contributed by atoms with E-state index in [1.165, 1.54) is 17.4 Å². The van der Waals surface area contributed by atoms with Crippen LogP contribution in [0.1, 0.15) is 16.0 Å². The maximum absolute atomic E-state index is 12.1. The third kappa shape index (κ3) is 5.71. The first kappa shape index (κ1) is 20.2. The second-order valence-electron chi connectivity index (χ2n) is 5.55. The Morgan fingerprint density at radius 1 is 1.00 bits per heavy atom. The Bertz CT molecular complexity index is 1020. The summed E-state index contributed by atoms with van der Waals surface area (Å²) in [7, 11) is 0. The van der Waals surface area contributed by atoms with Gasteiger partial charge in [0.2, 0.25) is 5.91 Å². The minimum absolute atomic E-state index is 0.281. The van der Waals surface area contributed by atoms with Crippen molar-refractivity contribution < 1.29 is 4.79 Å². The number of anilines is 1. The molecule has 138 valence electrons. The molecule has 3 nitrogen and oxygen atoms in total. The number of nitrogens with one attached hydrogen (secondary N) is 1. The highest BCUT2D eigenvalue weighted by molar-refractivity contribution is 7.15. The molecule has 0 aliphatic rings. The molecule has 27 heavy (non-hydrogen) atoms. The van der Waals surface area contributed by atoms with Crippen LogP contribution in [0.15, 0.2) is 48.7 Å². The molecule has 0 fully saturated rings. The second kappa shape index (κ2) is 9.09. The molecule has 3 rings (SSSR count). The largest absolute Gasteiger partial charge is 0.298 e.